The van der Waals surface area contributed by atoms with Crippen molar-refractivity contribution in [3.05, 3.63) is 8.27 Å². The Bertz CT molecular complexity index is 123. The Morgan fingerprint density at radius 1 is 1.57 bits per heavy atom. The summed E-state index contributed by atoms with van der Waals surface area (Å²) in [5.41, 5.74) is 0. The minimum absolute atomic E-state index is 1.00. The van der Waals surface area contributed by atoms with E-state index in [0.717, 1.165) is 3.86 Å². The second kappa shape index (κ2) is 1.43. The van der Waals surface area contributed by atoms with Crippen molar-refractivity contribution in [1.82, 2.24) is 0 Å². The standard InChI is InChI=1S/C4H6Cl2Ge/c1-3-4(5)7(3,2)6/h1-2H3. The minimum atomic E-state index is -1.93. The SMILES string of the molecule is C[C]1=[C](Cl)[Ge]1([CH3])[Cl]. The molecule has 0 fully saturated rings. The van der Waals surface area contributed by atoms with Gasteiger partial charge < -0.3 is 0 Å². The zero-order chi connectivity index (χ0) is 5.65. The van der Waals surface area contributed by atoms with E-state index in [9.17, 15) is 0 Å². The van der Waals surface area contributed by atoms with Crippen molar-refractivity contribution < 1.29 is 0 Å². The topological polar surface area (TPSA) is 0 Å². The first-order valence-corrected chi connectivity index (χ1v) is 9.46. The third kappa shape index (κ3) is 0.735. The molecule has 0 amide bonds. The van der Waals surface area contributed by atoms with Crippen molar-refractivity contribution in [2.75, 3.05) is 0 Å². The van der Waals surface area contributed by atoms with Crippen molar-refractivity contribution in [2.45, 2.75) is 12.7 Å². The average molecular weight is 198 g/mol. The van der Waals surface area contributed by atoms with Crippen LogP contribution in [-0.2, 0) is 0 Å². The van der Waals surface area contributed by atoms with Gasteiger partial charge in [-0.15, -0.1) is 0 Å². The molecule has 0 aromatic heterocycles. The monoisotopic (exact) mass is 198 g/mol. The fourth-order valence-corrected chi connectivity index (χ4v) is 7.99. The molecule has 0 aliphatic carbocycles. The van der Waals surface area contributed by atoms with E-state index in [1.54, 1.807) is 0 Å². The van der Waals surface area contributed by atoms with Gasteiger partial charge in [0.15, 0.2) is 0 Å². The van der Waals surface area contributed by atoms with E-state index in [1.165, 1.54) is 4.41 Å². The maximum absolute atomic E-state index is 5.92. The molecule has 3 heteroatoms. The van der Waals surface area contributed by atoms with Crippen molar-refractivity contribution in [1.29, 1.82) is 0 Å². The number of hydrogen-bond donors (Lipinski definition) is 0. The van der Waals surface area contributed by atoms with Crippen LogP contribution in [0.2, 0.25) is 5.76 Å². The third-order valence-electron chi connectivity index (χ3n) is 1.38. The van der Waals surface area contributed by atoms with Crippen LogP contribution < -0.4 is 0 Å². The van der Waals surface area contributed by atoms with Crippen molar-refractivity contribution in [2.24, 2.45) is 0 Å². The second-order valence-corrected chi connectivity index (χ2v) is 13.7. The molecular weight excluding hydrogens is 192 g/mol. The number of rotatable bonds is 0. The van der Waals surface area contributed by atoms with Gasteiger partial charge in [-0.05, 0) is 0 Å². The molecular formula is C4H6Cl2Ge. The molecule has 40 valence electrons. The van der Waals surface area contributed by atoms with Crippen molar-refractivity contribution in [3.63, 3.8) is 0 Å². The molecule has 0 saturated heterocycles. The molecule has 1 rings (SSSR count). The van der Waals surface area contributed by atoms with E-state index >= 15 is 0 Å². The van der Waals surface area contributed by atoms with Crippen molar-refractivity contribution in [3.8, 4) is 0 Å². The van der Waals surface area contributed by atoms with Gasteiger partial charge >= 0.3 is 54.9 Å². The zero-order valence-electron chi connectivity index (χ0n) is 4.26. The molecule has 7 heavy (non-hydrogen) atoms. The van der Waals surface area contributed by atoms with Crippen LogP contribution in [-0.4, -0.2) is 12.3 Å². The molecule has 1 heterocycles. The van der Waals surface area contributed by atoms with E-state index in [-0.39, 0.29) is 0 Å². The fourth-order valence-electron chi connectivity index (χ4n) is 0.457. The molecule has 0 nitrogen and oxygen atoms in total. The fraction of sp³-hybridized carbons (Fsp3) is 0.500. The van der Waals surface area contributed by atoms with Gasteiger partial charge in [-0.1, -0.05) is 0 Å². The van der Waals surface area contributed by atoms with Gasteiger partial charge in [0.05, 0.1) is 0 Å². The number of hydrogen-bond acceptors (Lipinski definition) is 0. The molecule has 0 saturated carbocycles. The summed E-state index contributed by atoms with van der Waals surface area (Å²) in [6.45, 7) is 2.02. The quantitative estimate of drug-likeness (QED) is 0.523. The zero-order valence-corrected chi connectivity index (χ0v) is 7.87. The molecule has 0 radical (unpaired) electrons. The van der Waals surface area contributed by atoms with Crippen molar-refractivity contribution >= 4 is 33.9 Å². The van der Waals surface area contributed by atoms with Gasteiger partial charge in [-0.2, -0.15) is 0 Å². The third-order valence-corrected chi connectivity index (χ3v) is 12.4. The Balaban J connectivity index is 2.69. The summed E-state index contributed by atoms with van der Waals surface area (Å²) < 4.78 is 2.30. The van der Waals surface area contributed by atoms with E-state index in [2.05, 4.69) is 5.76 Å². The van der Waals surface area contributed by atoms with Gasteiger partial charge in [-0.25, -0.2) is 0 Å². The maximum atomic E-state index is 5.92. The summed E-state index contributed by atoms with van der Waals surface area (Å²) in [6.07, 6.45) is 0. The predicted molar refractivity (Wildman–Crippen MR) is 36.0 cm³/mol. The second-order valence-electron chi connectivity index (χ2n) is 1.94. The number of allylic oxidation sites excluding steroid dienone is 1. The van der Waals surface area contributed by atoms with E-state index in [1.807, 2.05) is 6.92 Å². The normalized spacial score (nSPS) is 39.4. The number of halogens is 2. The first-order valence-electron chi connectivity index (χ1n) is 2.13. The van der Waals surface area contributed by atoms with E-state index in [0.29, 0.717) is 0 Å². The Kier molecular flexibility index (Phi) is 1.22. The van der Waals surface area contributed by atoms with Crippen LogP contribution in [0, 0.1) is 0 Å². The molecule has 0 spiro atoms. The molecule has 1 atom stereocenters. The summed E-state index contributed by atoms with van der Waals surface area (Å²) >= 11 is 3.73. The van der Waals surface area contributed by atoms with Crippen LogP contribution >= 0.6 is 21.6 Å². The van der Waals surface area contributed by atoms with Crippen LogP contribution in [0.15, 0.2) is 8.27 Å². The molecule has 0 N–H and O–H groups in total. The Morgan fingerprint density at radius 2 is 1.71 bits per heavy atom. The van der Waals surface area contributed by atoms with Crippen LogP contribution in [0.3, 0.4) is 0 Å². The van der Waals surface area contributed by atoms with Crippen LogP contribution in [0.4, 0.5) is 0 Å². The van der Waals surface area contributed by atoms with E-state index in [4.69, 9.17) is 21.6 Å². The van der Waals surface area contributed by atoms with E-state index < -0.39 is 12.3 Å². The molecule has 0 aromatic rings. The van der Waals surface area contributed by atoms with Crippen LogP contribution in [0.25, 0.3) is 0 Å². The van der Waals surface area contributed by atoms with Gasteiger partial charge in [0.1, 0.15) is 0 Å². The van der Waals surface area contributed by atoms with Gasteiger partial charge in [0.25, 0.3) is 0 Å². The van der Waals surface area contributed by atoms with Gasteiger partial charge in [0.2, 0.25) is 0 Å². The predicted octanol–water partition coefficient (Wildman–Crippen LogP) is 2.41. The first-order chi connectivity index (χ1) is 3.07. The summed E-state index contributed by atoms with van der Waals surface area (Å²) in [5, 5.41) is 0. The average Bonchev–Trinajstić information content (AvgIpc) is 1.91. The molecule has 0 aromatic carbocycles. The summed E-state index contributed by atoms with van der Waals surface area (Å²) in [6, 6.07) is 0. The molecule has 1 aliphatic heterocycles. The van der Waals surface area contributed by atoms with Gasteiger partial charge in [0, 0.05) is 0 Å². The summed E-state index contributed by atoms with van der Waals surface area (Å²) in [7, 11) is 5.92. The summed E-state index contributed by atoms with van der Waals surface area (Å²) in [5.74, 6) is 2.08. The molecule has 0 bridgehead atoms. The molecule has 1 unspecified atom stereocenters. The Hall–Kier alpha value is 0.863. The van der Waals surface area contributed by atoms with Crippen LogP contribution in [0.5, 0.6) is 0 Å². The first kappa shape index (κ1) is 5.99. The Morgan fingerprint density at radius 3 is 1.71 bits per heavy atom. The Labute approximate surface area is 55.0 Å². The van der Waals surface area contributed by atoms with Crippen LogP contribution in [0.1, 0.15) is 6.92 Å². The molecule has 1 aliphatic rings. The summed E-state index contributed by atoms with van der Waals surface area (Å²) in [4.78, 5) is 0. The van der Waals surface area contributed by atoms with Gasteiger partial charge in [-0.3, -0.25) is 0 Å².